The summed E-state index contributed by atoms with van der Waals surface area (Å²) in [6.45, 7) is 5.20. The van der Waals surface area contributed by atoms with Crippen LogP contribution in [-0.4, -0.2) is 31.2 Å². The van der Waals surface area contributed by atoms with Gasteiger partial charge in [0.1, 0.15) is 13.4 Å². The van der Waals surface area contributed by atoms with Crippen molar-refractivity contribution in [2.45, 2.75) is 25.4 Å². The summed E-state index contributed by atoms with van der Waals surface area (Å²) in [4.78, 5) is 8.00. The molecule has 9 heteroatoms. The van der Waals surface area contributed by atoms with Crippen LogP contribution in [-0.2, 0) is 32.3 Å². The minimum absolute atomic E-state index is 0. The quantitative estimate of drug-likeness (QED) is 0.266. The Balaban J connectivity index is 0.00000291. The Labute approximate surface area is 192 Å². The molecular weight excluding hydrogens is 588 g/mol. The zero-order chi connectivity index (χ0) is 22.7. The smallest absolute Gasteiger partial charge is 0.190 e. The van der Waals surface area contributed by atoms with E-state index in [-0.39, 0.29) is 58.2 Å². The predicted octanol–water partition coefficient (Wildman–Crippen LogP) is 4.01. The SMILES string of the molecule is C#CCC(O)COc1c(F)cc(Cc2cc(F)c(OCC[CH2-])c(F)c2)cc1F.C=O.[W]. The van der Waals surface area contributed by atoms with Crippen LogP contribution in [0.3, 0.4) is 0 Å². The summed E-state index contributed by atoms with van der Waals surface area (Å²) in [6, 6.07) is 4.07. The molecule has 2 aromatic rings. The van der Waals surface area contributed by atoms with Gasteiger partial charge in [-0.15, -0.1) is 18.8 Å². The number of carbonyl (C=O) groups excluding carboxylic acids is 1. The number of benzene rings is 2. The fourth-order valence-electron chi connectivity index (χ4n) is 2.49. The number of hydrogen-bond donors (Lipinski definition) is 1. The largest absolute Gasteiger partial charge is 0.490 e. The number of halogens is 4. The molecule has 1 N–H and O–H groups in total. The molecule has 31 heavy (non-hydrogen) atoms. The third-order valence-corrected chi connectivity index (χ3v) is 3.69. The molecule has 0 saturated carbocycles. The first-order valence-corrected chi connectivity index (χ1v) is 8.76. The van der Waals surface area contributed by atoms with Crippen LogP contribution >= 0.6 is 0 Å². The molecule has 4 nitrogen and oxygen atoms in total. The van der Waals surface area contributed by atoms with E-state index >= 15 is 0 Å². The van der Waals surface area contributed by atoms with E-state index in [0.29, 0.717) is 6.42 Å². The molecule has 0 saturated heterocycles. The molecule has 0 bridgehead atoms. The van der Waals surface area contributed by atoms with Gasteiger partial charge >= 0.3 is 0 Å². The first-order valence-electron chi connectivity index (χ1n) is 8.76. The first kappa shape index (κ1) is 28.6. The monoisotopic (exact) mass is 609 g/mol. The van der Waals surface area contributed by atoms with Crippen LogP contribution in [0.2, 0.25) is 0 Å². The van der Waals surface area contributed by atoms with Gasteiger partial charge in [-0.3, -0.25) is 0 Å². The van der Waals surface area contributed by atoms with Crippen molar-refractivity contribution in [2.24, 2.45) is 0 Å². The summed E-state index contributed by atoms with van der Waals surface area (Å²) in [6.07, 6.45) is 4.18. The van der Waals surface area contributed by atoms with Gasteiger partial charge in [0.15, 0.2) is 34.8 Å². The molecule has 0 aromatic heterocycles. The second-order valence-electron chi connectivity index (χ2n) is 6.03. The van der Waals surface area contributed by atoms with Gasteiger partial charge in [0.05, 0.1) is 12.7 Å². The topological polar surface area (TPSA) is 55.8 Å². The fraction of sp³-hybridized carbons (Fsp3) is 0.273. The third kappa shape index (κ3) is 8.72. The van der Waals surface area contributed by atoms with Crippen LogP contribution in [0.25, 0.3) is 0 Å². The fourth-order valence-corrected chi connectivity index (χ4v) is 2.49. The molecule has 0 spiro atoms. The maximum atomic E-state index is 14.2. The van der Waals surface area contributed by atoms with Crippen LogP contribution in [0.1, 0.15) is 24.0 Å². The Hall–Kier alpha value is -2.36. The van der Waals surface area contributed by atoms with Crippen LogP contribution < -0.4 is 9.47 Å². The molecule has 0 radical (unpaired) electrons. The Bertz CT molecular complexity index is 840. The maximum Gasteiger partial charge on any atom is 0.190 e. The number of ether oxygens (including phenoxy) is 2. The van der Waals surface area contributed by atoms with Crippen molar-refractivity contribution in [3.63, 3.8) is 0 Å². The van der Waals surface area contributed by atoms with E-state index in [1.54, 1.807) is 0 Å². The molecular formula is C22H21F4O4W-. The van der Waals surface area contributed by atoms with Gasteiger partial charge in [-0.05, 0) is 41.8 Å². The molecule has 0 aliphatic carbocycles. The van der Waals surface area contributed by atoms with Crippen LogP contribution in [0.15, 0.2) is 24.3 Å². The van der Waals surface area contributed by atoms with Gasteiger partial charge in [0.2, 0.25) is 0 Å². The van der Waals surface area contributed by atoms with Gasteiger partial charge in [0.25, 0.3) is 0 Å². The van der Waals surface area contributed by atoms with Crippen molar-refractivity contribution in [1.82, 2.24) is 0 Å². The summed E-state index contributed by atoms with van der Waals surface area (Å²) in [5.74, 6) is -2.79. The van der Waals surface area contributed by atoms with Crippen molar-refractivity contribution in [3.8, 4) is 23.8 Å². The average Bonchev–Trinajstić information content (AvgIpc) is 2.68. The van der Waals surface area contributed by atoms with Gasteiger partial charge in [-0.1, -0.05) is 0 Å². The molecule has 0 fully saturated rings. The second-order valence-corrected chi connectivity index (χ2v) is 6.03. The third-order valence-electron chi connectivity index (χ3n) is 3.69. The van der Waals surface area contributed by atoms with E-state index in [2.05, 4.69) is 12.8 Å². The zero-order valence-corrected chi connectivity index (χ0v) is 19.4. The van der Waals surface area contributed by atoms with Gasteiger partial charge in [0, 0.05) is 27.5 Å². The molecule has 1 atom stereocenters. The molecule has 1 unspecified atom stereocenters. The van der Waals surface area contributed by atoms with E-state index in [9.17, 15) is 22.7 Å². The van der Waals surface area contributed by atoms with Gasteiger partial charge < -0.3 is 26.3 Å². The number of carbonyl (C=O) groups is 1. The van der Waals surface area contributed by atoms with Crippen molar-refractivity contribution in [2.75, 3.05) is 13.2 Å². The molecule has 168 valence electrons. The molecule has 0 heterocycles. The number of aliphatic hydroxyl groups excluding tert-OH is 1. The summed E-state index contributed by atoms with van der Waals surface area (Å²) in [7, 11) is 0. The summed E-state index contributed by atoms with van der Waals surface area (Å²) < 4.78 is 66.2. The predicted molar refractivity (Wildman–Crippen MR) is 103 cm³/mol. The number of terminal acetylenes is 1. The Morgan fingerprint density at radius 1 is 0.968 bits per heavy atom. The molecule has 0 amide bonds. The van der Waals surface area contributed by atoms with Crippen LogP contribution in [0, 0.1) is 42.5 Å². The molecule has 2 rings (SSSR count). The van der Waals surface area contributed by atoms with E-state index in [1.807, 2.05) is 6.79 Å². The Kier molecular flexibility index (Phi) is 13.5. The van der Waals surface area contributed by atoms with Gasteiger partial charge in [-0.25, -0.2) is 17.6 Å². The second kappa shape index (κ2) is 14.6. The van der Waals surface area contributed by atoms with E-state index < -0.39 is 40.9 Å². The molecule has 0 aliphatic rings. The molecule has 2 aromatic carbocycles. The zero-order valence-electron chi connectivity index (χ0n) is 16.5. The maximum absolute atomic E-state index is 14.2. The number of aliphatic hydroxyl groups is 1. The van der Waals surface area contributed by atoms with Crippen molar-refractivity contribution >= 4 is 6.79 Å². The van der Waals surface area contributed by atoms with E-state index in [0.717, 1.165) is 24.3 Å². The average molecular weight is 609 g/mol. The van der Waals surface area contributed by atoms with E-state index in [4.69, 9.17) is 20.7 Å². The minimum Gasteiger partial charge on any atom is -0.490 e. The van der Waals surface area contributed by atoms with Crippen molar-refractivity contribution < 1.29 is 58.0 Å². The summed E-state index contributed by atoms with van der Waals surface area (Å²) in [5.41, 5.74) is 0.325. The first-order chi connectivity index (χ1) is 14.3. The van der Waals surface area contributed by atoms with Crippen LogP contribution in [0.4, 0.5) is 17.6 Å². The normalized spacial score (nSPS) is 10.7. The van der Waals surface area contributed by atoms with Crippen molar-refractivity contribution in [1.29, 1.82) is 0 Å². The number of rotatable bonds is 9. The van der Waals surface area contributed by atoms with E-state index in [1.165, 1.54) is 0 Å². The van der Waals surface area contributed by atoms with Crippen molar-refractivity contribution in [3.05, 3.63) is 65.6 Å². The summed E-state index contributed by atoms with van der Waals surface area (Å²) in [5, 5.41) is 9.47. The van der Waals surface area contributed by atoms with Gasteiger partial charge in [-0.2, -0.15) is 0 Å². The molecule has 0 aliphatic heterocycles. The standard InChI is InChI=1S/C21H19F4O3.CH2O.W/c1-3-5-15(26)12-28-21-18(24)10-14(11-19(21)25)7-13-8-16(22)20(17(23)9-13)27-6-4-2;1-2;/h1,8-11,15,26H,2,4-7,12H2;1H2;/q-1;;. The Morgan fingerprint density at radius 3 is 1.77 bits per heavy atom. The van der Waals surface area contributed by atoms with Crippen LogP contribution in [0.5, 0.6) is 11.5 Å². The minimum atomic E-state index is -1.06. The Morgan fingerprint density at radius 2 is 1.39 bits per heavy atom. The summed E-state index contributed by atoms with van der Waals surface area (Å²) >= 11 is 0. The number of hydrogen-bond acceptors (Lipinski definition) is 4.